The van der Waals surface area contributed by atoms with E-state index in [-0.39, 0.29) is 18.8 Å². The van der Waals surface area contributed by atoms with Gasteiger partial charge in [-0.15, -0.1) is 0 Å². The van der Waals surface area contributed by atoms with E-state index in [1.54, 1.807) is 7.11 Å². The highest BCUT2D eigenvalue weighted by Crippen LogP contribution is 2.27. The summed E-state index contributed by atoms with van der Waals surface area (Å²) in [7, 11) is 1.75. The summed E-state index contributed by atoms with van der Waals surface area (Å²) in [4.78, 5) is 0. The molecule has 4 unspecified atom stereocenters. The molecule has 4 heteroatoms. The lowest BCUT2D eigenvalue weighted by Gasteiger charge is -2.44. The van der Waals surface area contributed by atoms with Crippen LogP contribution in [0, 0.1) is 5.92 Å². The molecule has 0 aromatic rings. The molecule has 0 radical (unpaired) electrons. The summed E-state index contributed by atoms with van der Waals surface area (Å²) in [6.45, 7) is 6.17. The Labute approximate surface area is 105 Å². The van der Waals surface area contributed by atoms with E-state index in [2.05, 4.69) is 12.2 Å². The highest BCUT2D eigenvalue weighted by molar-refractivity contribution is 4.97. The molecule has 0 heterocycles. The molecular formula is C13H27NO3. The van der Waals surface area contributed by atoms with Crippen LogP contribution < -0.4 is 5.32 Å². The Kier molecular flexibility index (Phi) is 7.04. The molecule has 1 fully saturated rings. The van der Waals surface area contributed by atoms with Crippen molar-refractivity contribution in [2.75, 3.05) is 26.9 Å². The Bertz CT molecular complexity index is 201. The van der Waals surface area contributed by atoms with Crippen LogP contribution in [0.3, 0.4) is 0 Å². The van der Waals surface area contributed by atoms with Crippen molar-refractivity contribution in [1.29, 1.82) is 0 Å². The number of hydrogen-bond donors (Lipinski definition) is 2. The number of aliphatic hydroxyl groups excluding tert-OH is 1. The molecule has 102 valence electrons. The van der Waals surface area contributed by atoms with E-state index >= 15 is 0 Å². The van der Waals surface area contributed by atoms with Gasteiger partial charge in [0.2, 0.25) is 0 Å². The average molecular weight is 245 g/mol. The van der Waals surface area contributed by atoms with Gasteiger partial charge in [-0.25, -0.2) is 0 Å². The van der Waals surface area contributed by atoms with Crippen LogP contribution in [0.25, 0.3) is 0 Å². The summed E-state index contributed by atoms with van der Waals surface area (Å²) in [6.07, 6.45) is 3.44. The van der Waals surface area contributed by atoms with Crippen LogP contribution in [-0.2, 0) is 9.47 Å². The zero-order chi connectivity index (χ0) is 12.7. The van der Waals surface area contributed by atoms with E-state index in [0.29, 0.717) is 12.0 Å². The molecule has 0 aliphatic heterocycles. The minimum absolute atomic E-state index is 0.182. The summed E-state index contributed by atoms with van der Waals surface area (Å²) in [6, 6.07) is 0.407. The van der Waals surface area contributed by atoms with E-state index in [0.717, 1.165) is 32.4 Å². The minimum Gasteiger partial charge on any atom is -0.396 e. The van der Waals surface area contributed by atoms with Gasteiger partial charge in [0.05, 0.1) is 12.2 Å². The van der Waals surface area contributed by atoms with Gasteiger partial charge < -0.3 is 19.9 Å². The van der Waals surface area contributed by atoms with Crippen LogP contribution >= 0.6 is 0 Å². The number of methoxy groups -OCH3 is 1. The fourth-order valence-corrected chi connectivity index (χ4v) is 2.43. The summed E-state index contributed by atoms with van der Waals surface area (Å²) >= 11 is 0. The quantitative estimate of drug-likeness (QED) is 0.640. The number of nitrogens with one attached hydrogen (secondary N) is 1. The molecule has 1 aliphatic rings. The number of rotatable bonds is 9. The summed E-state index contributed by atoms with van der Waals surface area (Å²) in [5, 5.41) is 12.5. The summed E-state index contributed by atoms with van der Waals surface area (Å²) < 4.78 is 11.0. The Hall–Kier alpha value is -0.160. The van der Waals surface area contributed by atoms with Gasteiger partial charge in [-0.2, -0.15) is 0 Å². The number of ether oxygens (including phenoxy) is 2. The van der Waals surface area contributed by atoms with Crippen LogP contribution in [0.1, 0.15) is 33.1 Å². The molecule has 0 bridgehead atoms. The highest BCUT2D eigenvalue weighted by atomic mass is 16.5. The molecule has 1 saturated carbocycles. The van der Waals surface area contributed by atoms with Gasteiger partial charge >= 0.3 is 0 Å². The van der Waals surface area contributed by atoms with Gasteiger partial charge in [0.15, 0.2) is 0 Å². The zero-order valence-corrected chi connectivity index (χ0v) is 11.3. The molecule has 0 amide bonds. The third-order valence-electron chi connectivity index (χ3n) is 3.69. The molecule has 1 aliphatic carbocycles. The Morgan fingerprint density at radius 1 is 1.41 bits per heavy atom. The van der Waals surface area contributed by atoms with Crippen LogP contribution in [0.5, 0.6) is 0 Å². The topological polar surface area (TPSA) is 50.7 Å². The van der Waals surface area contributed by atoms with Crippen LogP contribution in [-0.4, -0.2) is 50.2 Å². The molecule has 4 nitrogen and oxygen atoms in total. The molecule has 0 aromatic carbocycles. The van der Waals surface area contributed by atoms with Gasteiger partial charge in [-0.05, 0) is 32.2 Å². The average Bonchev–Trinajstić information content (AvgIpc) is 2.31. The van der Waals surface area contributed by atoms with Crippen LogP contribution in [0.15, 0.2) is 0 Å². The number of hydrogen-bond acceptors (Lipinski definition) is 4. The number of aliphatic hydroxyl groups is 1. The molecule has 17 heavy (non-hydrogen) atoms. The predicted molar refractivity (Wildman–Crippen MR) is 68.1 cm³/mol. The van der Waals surface area contributed by atoms with E-state index in [9.17, 15) is 0 Å². The highest BCUT2D eigenvalue weighted by Gasteiger charge is 2.41. The van der Waals surface area contributed by atoms with Gasteiger partial charge in [-0.3, -0.25) is 0 Å². The van der Waals surface area contributed by atoms with E-state index in [4.69, 9.17) is 14.6 Å². The Morgan fingerprint density at radius 3 is 2.71 bits per heavy atom. The zero-order valence-electron chi connectivity index (χ0n) is 11.3. The van der Waals surface area contributed by atoms with Crippen molar-refractivity contribution < 1.29 is 14.6 Å². The maximum absolute atomic E-state index is 8.94. The standard InChI is InChI=1S/C13H27NO3/c1-4-10(6-7-15)9-14-11-8-12(17-5-2)13(11)16-3/h10-15H,4-9H2,1-3H3. The Morgan fingerprint density at radius 2 is 2.18 bits per heavy atom. The first-order valence-corrected chi connectivity index (χ1v) is 6.75. The van der Waals surface area contributed by atoms with Crippen molar-refractivity contribution in [3.05, 3.63) is 0 Å². The Balaban J connectivity index is 2.23. The molecule has 4 atom stereocenters. The molecule has 0 aromatic heterocycles. The van der Waals surface area contributed by atoms with Gasteiger partial charge in [0.1, 0.15) is 0 Å². The second-order valence-electron chi connectivity index (χ2n) is 4.73. The first-order valence-electron chi connectivity index (χ1n) is 6.75. The van der Waals surface area contributed by atoms with Crippen molar-refractivity contribution in [2.24, 2.45) is 5.92 Å². The van der Waals surface area contributed by atoms with Gasteiger partial charge in [0.25, 0.3) is 0 Å². The SMILES string of the molecule is CCOC1CC(NCC(CC)CCO)C1OC. The van der Waals surface area contributed by atoms with E-state index < -0.39 is 0 Å². The lowest BCUT2D eigenvalue weighted by atomic mass is 9.84. The molecular weight excluding hydrogens is 218 g/mol. The van der Waals surface area contributed by atoms with Crippen molar-refractivity contribution >= 4 is 0 Å². The lowest BCUT2D eigenvalue weighted by Crippen LogP contribution is -2.60. The third kappa shape index (κ3) is 4.21. The maximum Gasteiger partial charge on any atom is 0.0986 e. The van der Waals surface area contributed by atoms with Crippen molar-refractivity contribution in [3.8, 4) is 0 Å². The second-order valence-corrected chi connectivity index (χ2v) is 4.73. The van der Waals surface area contributed by atoms with Crippen molar-refractivity contribution in [1.82, 2.24) is 5.32 Å². The molecule has 2 N–H and O–H groups in total. The van der Waals surface area contributed by atoms with E-state index in [1.165, 1.54) is 0 Å². The second kappa shape index (κ2) is 8.03. The maximum atomic E-state index is 8.94. The minimum atomic E-state index is 0.182. The fraction of sp³-hybridized carbons (Fsp3) is 1.00. The van der Waals surface area contributed by atoms with Crippen LogP contribution in [0.4, 0.5) is 0 Å². The molecule has 0 saturated heterocycles. The smallest absolute Gasteiger partial charge is 0.0986 e. The molecule has 1 rings (SSSR count). The largest absolute Gasteiger partial charge is 0.396 e. The monoisotopic (exact) mass is 245 g/mol. The fourth-order valence-electron chi connectivity index (χ4n) is 2.43. The van der Waals surface area contributed by atoms with Gasteiger partial charge in [0, 0.05) is 26.4 Å². The predicted octanol–water partition coefficient (Wildman–Crippen LogP) is 1.18. The van der Waals surface area contributed by atoms with Crippen molar-refractivity contribution in [2.45, 2.75) is 51.4 Å². The van der Waals surface area contributed by atoms with Crippen LogP contribution in [0.2, 0.25) is 0 Å². The lowest BCUT2D eigenvalue weighted by molar-refractivity contribution is -0.131. The van der Waals surface area contributed by atoms with Gasteiger partial charge in [-0.1, -0.05) is 13.3 Å². The third-order valence-corrected chi connectivity index (χ3v) is 3.69. The molecule has 0 spiro atoms. The van der Waals surface area contributed by atoms with Crippen molar-refractivity contribution in [3.63, 3.8) is 0 Å². The summed E-state index contributed by atoms with van der Waals surface area (Å²) in [5.41, 5.74) is 0. The van der Waals surface area contributed by atoms with E-state index in [1.807, 2.05) is 6.92 Å². The normalized spacial score (nSPS) is 30.0. The first-order chi connectivity index (χ1) is 8.26. The summed E-state index contributed by atoms with van der Waals surface area (Å²) in [5.74, 6) is 0.559. The first kappa shape index (κ1) is 14.9.